The van der Waals surface area contributed by atoms with Crippen molar-refractivity contribution in [2.75, 3.05) is 24.7 Å². The highest BCUT2D eigenvalue weighted by molar-refractivity contribution is 7.98. The van der Waals surface area contributed by atoms with Crippen molar-refractivity contribution in [3.05, 3.63) is 54.4 Å². The number of likely N-dealkylation sites (tertiary alicyclic amines) is 1. The smallest absolute Gasteiger partial charge is 0.319 e. The first-order valence-corrected chi connectivity index (χ1v) is 9.78. The number of benzene rings is 1. The highest BCUT2D eigenvalue weighted by Gasteiger charge is 2.21. The van der Waals surface area contributed by atoms with E-state index in [0.717, 1.165) is 38.2 Å². The van der Waals surface area contributed by atoms with Gasteiger partial charge in [-0.05, 0) is 61.5 Å². The van der Waals surface area contributed by atoms with Gasteiger partial charge in [0.05, 0.1) is 0 Å². The van der Waals surface area contributed by atoms with E-state index in [9.17, 15) is 4.79 Å². The summed E-state index contributed by atoms with van der Waals surface area (Å²) in [6, 6.07) is 12.0. The van der Waals surface area contributed by atoms with Gasteiger partial charge >= 0.3 is 6.03 Å². The topological polar surface area (TPSA) is 57.3 Å². The zero-order chi connectivity index (χ0) is 17.5. The third kappa shape index (κ3) is 5.47. The van der Waals surface area contributed by atoms with E-state index in [0.29, 0.717) is 0 Å². The van der Waals surface area contributed by atoms with Crippen LogP contribution in [-0.2, 0) is 6.54 Å². The van der Waals surface area contributed by atoms with Gasteiger partial charge in [-0.1, -0.05) is 6.07 Å². The molecule has 25 heavy (non-hydrogen) atoms. The molecule has 1 aliphatic rings. The lowest BCUT2D eigenvalue weighted by molar-refractivity contribution is 0.183. The Morgan fingerprint density at radius 2 is 2.16 bits per heavy atom. The van der Waals surface area contributed by atoms with Crippen LogP contribution in [0, 0.1) is 0 Å². The second-order valence-corrected chi connectivity index (χ2v) is 7.14. The summed E-state index contributed by atoms with van der Waals surface area (Å²) in [5, 5.41) is 6.02. The summed E-state index contributed by atoms with van der Waals surface area (Å²) in [6.45, 7) is 2.81. The molecule has 1 aliphatic heterocycles. The van der Waals surface area contributed by atoms with Crippen molar-refractivity contribution >= 4 is 23.5 Å². The minimum Gasteiger partial charge on any atom is -0.334 e. The average Bonchev–Trinajstić information content (AvgIpc) is 2.63. The van der Waals surface area contributed by atoms with E-state index in [-0.39, 0.29) is 12.1 Å². The number of carbonyl (C=O) groups is 1. The molecule has 132 valence electrons. The van der Waals surface area contributed by atoms with E-state index >= 15 is 0 Å². The molecule has 0 spiro atoms. The molecule has 3 rings (SSSR count). The Balaban J connectivity index is 1.48. The monoisotopic (exact) mass is 356 g/mol. The highest BCUT2D eigenvalue weighted by Crippen LogP contribution is 2.18. The number of hydrogen-bond donors (Lipinski definition) is 2. The molecule has 2 N–H and O–H groups in total. The van der Waals surface area contributed by atoms with Gasteiger partial charge in [0.2, 0.25) is 0 Å². The van der Waals surface area contributed by atoms with Crippen LogP contribution in [0.15, 0.2) is 53.7 Å². The van der Waals surface area contributed by atoms with Gasteiger partial charge in [0.15, 0.2) is 0 Å². The molecular formula is C19H24N4OS. The summed E-state index contributed by atoms with van der Waals surface area (Å²) in [5.74, 6) is 0. The van der Waals surface area contributed by atoms with E-state index in [2.05, 4.69) is 26.6 Å². The molecule has 1 aromatic carbocycles. The van der Waals surface area contributed by atoms with Crippen LogP contribution in [0.1, 0.15) is 18.4 Å². The Labute approximate surface area is 153 Å². The number of hydrogen-bond acceptors (Lipinski definition) is 4. The highest BCUT2D eigenvalue weighted by atomic mass is 32.2. The maximum atomic E-state index is 12.2. The first-order chi connectivity index (χ1) is 12.2. The van der Waals surface area contributed by atoms with Crippen LogP contribution in [0.3, 0.4) is 0 Å². The maximum absolute atomic E-state index is 12.2. The number of urea groups is 1. The van der Waals surface area contributed by atoms with E-state index < -0.39 is 0 Å². The number of amides is 2. The molecule has 6 heteroatoms. The normalized spacial score (nSPS) is 17.9. The fourth-order valence-electron chi connectivity index (χ4n) is 3.09. The molecule has 0 saturated carbocycles. The molecule has 5 nitrogen and oxygen atoms in total. The third-order valence-electron chi connectivity index (χ3n) is 4.32. The van der Waals surface area contributed by atoms with Gasteiger partial charge in [0.1, 0.15) is 0 Å². The summed E-state index contributed by atoms with van der Waals surface area (Å²) in [4.78, 5) is 20.0. The predicted molar refractivity (Wildman–Crippen MR) is 103 cm³/mol. The molecule has 1 atom stereocenters. The van der Waals surface area contributed by atoms with E-state index in [1.165, 1.54) is 10.5 Å². The number of aromatic nitrogens is 1. The number of anilines is 1. The van der Waals surface area contributed by atoms with Gasteiger partial charge < -0.3 is 10.6 Å². The van der Waals surface area contributed by atoms with Crippen LogP contribution in [0.5, 0.6) is 0 Å². The first kappa shape index (κ1) is 17.8. The molecule has 0 unspecified atom stereocenters. The number of piperidine rings is 1. The quantitative estimate of drug-likeness (QED) is 0.804. The Morgan fingerprint density at radius 1 is 1.32 bits per heavy atom. The molecule has 0 aliphatic carbocycles. The lowest BCUT2D eigenvalue weighted by Gasteiger charge is -2.33. The van der Waals surface area contributed by atoms with E-state index in [1.807, 2.05) is 42.8 Å². The molecule has 2 heterocycles. The van der Waals surface area contributed by atoms with Crippen molar-refractivity contribution in [3.8, 4) is 0 Å². The SMILES string of the molecule is CSc1ccc(NC(=O)N[C@@H]2CCCN(Cc3cccnc3)C2)cc1. The Kier molecular flexibility index (Phi) is 6.30. The van der Waals surface area contributed by atoms with Crippen LogP contribution < -0.4 is 10.6 Å². The Morgan fingerprint density at radius 3 is 2.88 bits per heavy atom. The summed E-state index contributed by atoms with van der Waals surface area (Å²) in [7, 11) is 0. The van der Waals surface area contributed by atoms with Crippen molar-refractivity contribution in [2.24, 2.45) is 0 Å². The summed E-state index contributed by atoms with van der Waals surface area (Å²) in [6.07, 6.45) is 7.84. The van der Waals surface area contributed by atoms with Crippen LogP contribution in [0.4, 0.5) is 10.5 Å². The van der Waals surface area contributed by atoms with Gasteiger partial charge in [-0.25, -0.2) is 4.79 Å². The van der Waals surface area contributed by atoms with Crippen LogP contribution in [0.2, 0.25) is 0 Å². The number of nitrogens with zero attached hydrogens (tertiary/aromatic N) is 2. The van der Waals surface area contributed by atoms with Crippen molar-refractivity contribution < 1.29 is 4.79 Å². The predicted octanol–water partition coefficient (Wildman–Crippen LogP) is 3.59. The summed E-state index contributed by atoms with van der Waals surface area (Å²) >= 11 is 1.69. The van der Waals surface area contributed by atoms with E-state index in [4.69, 9.17) is 0 Å². The first-order valence-electron chi connectivity index (χ1n) is 8.56. The molecule has 2 amide bonds. The fraction of sp³-hybridized carbons (Fsp3) is 0.368. The van der Waals surface area contributed by atoms with Gasteiger partial charge in [-0.15, -0.1) is 11.8 Å². The van der Waals surface area contributed by atoms with Crippen LogP contribution in [-0.4, -0.2) is 41.3 Å². The van der Waals surface area contributed by atoms with Crippen molar-refractivity contribution in [1.82, 2.24) is 15.2 Å². The molecular weight excluding hydrogens is 332 g/mol. The number of pyridine rings is 1. The molecule has 2 aromatic rings. The van der Waals surface area contributed by atoms with Gasteiger partial charge in [-0.2, -0.15) is 0 Å². The van der Waals surface area contributed by atoms with Crippen molar-refractivity contribution in [1.29, 1.82) is 0 Å². The van der Waals surface area contributed by atoms with Gasteiger partial charge in [-0.3, -0.25) is 9.88 Å². The zero-order valence-corrected chi connectivity index (χ0v) is 15.3. The van der Waals surface area contributed by atoms with Gasteiger partial charge in [0.25, 0.3) is 0 Å². The molecule has 0 bridgehead atoms. The standard InChI is InChI=1S/C19H24N4OS/c1-25-18-8-6-16(7-9-18)21-19(24)22-17-5-3-11-23(14-17)13-15-4-2-10-20-12-15/h2,4,6-10,12,17H,3,5,11,13-14H2,1H3,(H2,21,22,24)/t17-/m1/s1. The number of rotatable bonds is 5. The summed E-state index contributed by atoms with van der Waals surface area (Å²) < 4.78 is 0. The number of nitrogens with one attached hydrogen (secondary N) is 2. The van der Waals surface area contributed by atoms with Gasteiger partial charge in [0, 0.05) is 42.1 Å². The molecule has 1 saturated heterocycles. The average molecular weight is 356 g/mol. The molecule has 0 radical (unpaired) electrons. The maximum Gasteiger partial charge on any atom is 0.319 e. The number of carbonyl (C=O) groups excluding carboxylic acids is 1. The van der Waals surface area contributed by atoms with Crippen LogP contribution in [0.25, 0.3) is 0 Å². The van der Waals surface area contributed by atoms with E-state index in [1.54, 1.807) is 18.0 Å². The lowest BCUT2D eigenvalue weighted by Crippen LogP contribution is -2.48. The third-order valence-corrected chi connectivity index (χ3v) is 5.06. The minimum absolute atomic E-state index is 0.134. The second kappa shape index (κ2) is 8.87. The fourth-order valence-corrected chi connectivity index (χ4v) is 3.50. The summed E-state index contributed by atoms with van der Waals surface area (Å²) in [5.41, 5.74) is 2.03. The van der Waals surface area contributed by atoms with Crippen molar-refractivity contribution in [2.45, 2.75) is 30.3 Å². The zero-order valence-electron chi connectivity index (χ0n) is 14.4. The largest absolute Gasteiger partial charge is 0.334 e. The Bertz CT molecular complexity index is 678. The van der Waals surface area contributed by atoms with Crippen molar-refractivity contribution in [3.63, 3.8) is 0 Å². The second-order valence-electron chi connectivity index (χ2n) is 6.26. The molecule has 1 aromatic heterocycles. The Hall–Kier alpha value is -2.05. The minimum atomic E-state index is -0.134. The molecule has 1 fully saturated rings. The number of thioether (sulfide) groups is 1. The van der Waals surface area contributed by atoms with Crippen LogP contribution >= 0.6 is 11.8 Å². The lowest BCUT2D eigenvalue weighted by atomic mass is 10.1.